The topological polar surface area (TPSA) is 101 Å². The molecule has 8 nitrogen and oxygen atoms in total. The summed E-state index contributed by atoms with van der Waals surface area (Å²) >= 11 is 18.4. The van der Waals surface area contributed by atoms with E-state index in [0.717, 1.165) is 5.56 Å². The van der Waals surface area contributed by atoms with Gasteiger partial charge in [0.25, 0.3) is 0 Å². The van der Waals surface area contributed by atoms with Crippen LogP contribution in [-0.4, -0.2) is 56.9 Å². The van der Waals surface area contributed by atoms with E-state index >= 15 is 0 Å². The van der Waals surface area contributed by atoms with Crippen molar-refractivity contribution in [3.8, 4) is 11.3 Å². The molecule has 178 valence electrons. The van der Waals surface area contributed by atoms with Gasteiger partial charge in [-0.1, -0.05) is 46.9 Å². The summed E-state index contributed by atoms with van der Waals surface area (Å²) < 4.78 is 0. The fourth-order valence-electron chi connectivity index (χ4n) is 4.06. The number of nitrogens with zero attached hydrogens (tertiary/aromatic N) is 6. The number of fused-ring (bicyclic) bond motifs is 1. The summed E-state index contributed by atoms with van der Waals surface area (Å²) in [5.74, 6) is 0.750. The molecule has 0 radical (unpaired) electrons. The molecule has 1 aliphatic rings. The molecule has 11 heteroatoms. The first kappa shape index (κ1) is 23.5. The quantitative estimate of drug-likeness (QED) is 0.415. The van der Waals surface area contributed by atoms with Gasteiger partial charge in [0.15, 0.2) is 17.0 Å². The van der Waals surface area contributed by atoms with E-state index in [1.807, 2.05) is 28.0 Å². The highest BCUT2D eigenvalue weighted by Gasteiger charge is 2.25. The van der Waals surface area contributed by atoms with E-state index in [2.05, 4.69) is 19.9 Å². The van der Waals surface area contributed by atoms with Crippen molar-refractivity contribution < 1.29 is 4.79 Å². The summed E-state index contributed by atoms with van der Waals surface area (Å²) in [6, 6.07) is 12.5. The number of anilines is 2. The van der Waals surface area contributed by atoms with Crippen molar-refractivity contribution in [2.75, 3.05) is 36.8 Å². The van der Waals surface area contributed by atoms with Crippen molar-refractivity contribution in [1.82, 2.24) is 24.8 Å². The van der Waals surface area contributed by atoms with E-state index in [9.17, 15) is 4.79 Å². The van der Waals surface area contributed by atoms with Crippen molar-refractivity contribution in [2.24, 2.45) is 0 Å². The number of carbonyl (C=O) groups excluding carboxylic acids is 1. The summed E-state index contributed by atoms with van der Waals surface area (Å²) in [6.45, 7) is 2.27. The molecule has 1 saturated heterocycles. The lowest BCUT2D eigenvalue weighted by atomic mass is 10.1. The van der Waals surface area contributed by atoms with Crippen molar-refractivity contribution in [1.29, 1.82) is 0 Å². The summed E-state index contributed by atoms with van der Waals surface area (Å²) in [7, 11) is 0. The first-order valence-corrected chi connectivity index (χ1v) is 12.0. The molecule has 0 saturated carbocycles. The number of nitrogen functional groups attached to an aromatic ring is 1. The predicted molar refractivity (Wildman–Crippen MR) is 139 cm³/mol. The molecule has 1 amide bonds. The molecule has 2 N–H and O–H groups in total. The molecular formula is C24H20Cl3N7O. The van der Waals surface area contributed by atoms with Gasteiger partial charge in [-0.25, -0.2) is 9.97 Å². The Morgan fingerprint density at radius 1 is 0.943 bits per heavy atom. The van der Waals surface area contributed by atoms with Crippen molar-refractivity contribution in [2.45, 2.75) is 6.42 Å². The summed E-state index contributed by atoms with van der Waals surface area (Å²) in [6.07, 6.45) is 1.94. The van der Waals surface area contributed by atoms with Crippen LogP contribution in [0.4, 0.5) is 11.8 Å². The van der Waals surface area contributed by atoms with Gasteiger partial charge in [0.2, 0.25) is 11.9 Å². The SMILES string of the molecule is Nc1nc(N2CCN(C(=O)Cc3cccc(Cl)c3)CC2)c2ncc(-c3ccc(Cl)cc3Cl)nc2n1. The van der Waals surface area contributed by atoms with Crippen LogP contribution in [0.15, 0.2) is 48.7 Å². The first-order chi connectivity index (χ1) is 16.9. The molecule has 0 unspecified atom stereocenters. The molecule has 35 heavy (non-hydrogen) atoms. The maximum absolute atomic E-state index is 12.8. The van der Waals surface area contributed by atoms with Gasteiger partial charge in [-0.15, -0.1) is 0 Å². The molecule has 1 aliphatic heterocycles. The maximum Gasteiger partial charge on any atom is 0.227 e. The molecule has 0 aliphatic carbocycles. The fourth-order valence-corrected chi connectivity index (χ4v) is 4.78. The van der Waals surface area contributed by atoms with Gasteiger partial charge in [0.1, 0.15) is 0 Å². The number of benzene rings is 2. The van der Waals surface area contributed by atoms with Crippen LogP contribution in [0.2, 0.25) is 15.1 Å². The largest absolute Gasteiger partial charge is 0.368 e. The minimum absolute atomic E-state index is 0.0586. The van der Waals surface area contributed by atoms with Crippen LogP contribution in [-0.2, 0) is 11.2 Å². The molecule has 1 fully saturated rings. The third kappa shape index (κ3) is 5.10. The van der Waals surface area contributed by atoms with E-state index in [4.69, 9.17) is 40.5 Å². The van der Waals surface area contributed by atoms with Crippen LogP contribution in [0.3, 0.4) is 0 Å². The van der Waals surface area contributed by atoms with Crippen LogP contribution in [0.25, 0.3) is 22.4 Å². The molecule has 3 heterocycles. The van der Waals surface area contributed by atoms with Crippen molar-refractivity contribution in [3.05, 3.63) is 69.3 Å². The number of piperazine rings is 1. The highest BCUT2D eigenvalue weighted by molar-refractivity contribution is 6.36. The average molecular weight is 529 g/mol. The Balaban J connectivity index is 1.35. The van der Waals surface area contributed by atoms with Crippen LogP contribution >= 0.6 is 34.8 Å². The molecule has 0 bridgehead atoms. The monoisotopic (exact) mass is 527 g/mol. The van der Waals surface area contributed by atoms with Gasteiger partial charge in [0, 0.05) is 41.8 Å². The van der Waals surface area contributed by atoms with Crippen molar-refractivity contribution in [3.63, 3.8) is 0 Å². The van der Waals surface area contributed by atoms with Gasteiger partial charge in [-0.3, -0.25) is 4.79 Å². The summed E-state index contributed by atoms with van der Waals surface area (Å²) in [5.41, 5.74) is 9.05. The molecule has 2 aromatic heterocycles. The fraction of sp³-hybridized carbons (Fsp3) is 0.208. The van der Waals surface area contributed by atoms with E-state index < -0.39 is 0 Å². The standard InChI is InChI=1S/C24H20Cl3N7O/c25-15-3-1-2-14(10-15)11-20(35)33-6-8-34(9-7-33)23-21-22(31-24(28)32-23)30-19(13-29-21)17-5-4-16(26)12-18(17)27/h1-5,10,12-13H,6-9,11H2,(H2,28,30,31,32). The van der Waals surface area contributed by atoms with Crippen LogP contribution in [0.5, 0.6) is 0 Å². The number of hydrogen-bond donors (Lipinski definition) is 1. The third-order valence-corrected chi connectivity index (χ3v) is 6.57. The number of nitrogens with two attached hydrogens (primary N) is 1. The van der Waals surface area contributed by atoms with E-state index in [-0.39, 0.29) is 11.9 Å². The molecule has 0 atom stereocenters. The predicted octanol–water partition coefficient (Wildman–Crippen LogP) is 4.52. The van der Waals surface area contributed by atoms with Gasteiger partial charge >= 0.3 is 0 Å². The minimum Gasteiger partial charge on any atom is -0.368 e. The smallest absolute Gasteiger partial charge is 0.227 e. The van der Waals surface area contributed by atoms with Gasteiger partial charge in [-0.2, -0.15) is 9.97 Å². The molecule has 2 aromatic carbocycles. The van der Waals surface area contributed by atoms with E-state index in [0.29, 0.717) is 75.9 Å². The van der Waals surface area contributed by atoms with Crippen molar-refractivity contribution >= 4 is 63.6 Å². The lowest BCUT2D eigenvalue weighted by molar-refractivity contribution is -0.130. The number of aromatic nitrogens is 4. The second-order valence-corrected chi connectivity index (χ2v) is 9.41. The van der Waals surface area contributed by atoms with Gasteiger partial charge < -0.3 is 15.5 Å². The second kappa shape index (κ2) is 9.81. The highest BCUT2D eigenvalue weighted by atomic mass is 35.5. The lowest BCUT2D eigenvalue weighted by Crippen LogP contribution is -2.49. The lowest BCUT2D eigenvalue weighted by Gasteiger charge is -2.35. The molecule has 4 aromatic rings. The van der Waals surface area contributed by atoms with E-state index in [1.165, 1.54) is 0 Å². The third-order valence-electron chi connectivity index (χ3n) is 5.79. The normalized spacial score (nSPS) is 13.9. The number of rotatable bonds is 4. The van der Waals surface area contributed by atoms with Crippen LogP contribution in [0.1, 0.15) is 5.56 Å². The van der Waals surface area contributed by atoms with Crippen LogP contribution in [0, 0.1) is 0 Å². The minimum atomic E-state index is 0.0586. The summed E-state index contributed by atoms with van der Waals surface area (Å²) in [5, 5.41) is 1.62. The zero-order valence-electron chi connectivity index (χ0n) is 18.5. The molecule has 0 spiro atoms. The Morgan fingerprint density at radius 3 is 2.46 bits per heavy atom. The Kier molecular flexibility index (Phi) is 6.60. The molecular weight excluding hydrogens is 509 g/mol. The maximum atomic E-state index is 12.8. The Bertz CT molecular complexity index is 1420. The van der Waals surface area contributed by atoms with Crippen LogP contribution < -0.4 is 10.6 Å². The van der Waals surface area contributed by atoms with Gasteiger partial charge in [0.05, 0.1) is 23.3 Å². The number of halogens is 3. The van der Waals surface area contributed by atoms with E-state index in [1.54, 1.807) is 30.5 Å². The Hall–Kier alpha value is -3.20. The average Bonchev–Trinajstić information content (AvgIpc) is 2.83. The van der Waals surface area contributed by atoms with Gasteiger partial charge in [-0.05, 0) is 35.9 Å². The second-order valence-electron chi connectivity index (χ2n) is 8.13. The Morgan fingerprint density at radius 2 is 1.71 bits per heavy atom. The number of carbonyl (C=O) groups is 1. The zero-order valence-corrected chi connectivity index (χ0v) is 20.7. The summed E-state index contributed by atoms with van der Waals surface area (Å²) in [4.78, 5) is 34.6. The molecule has 5 rings (SSSR count). The number of amides is 1. The first-order valence-electron chi connectivity index (χ1n) is 10.9. The highest BCUT2D eigenvalue weighted by Crippen LogP contribution is 2.31. The number of hydrogen-bond acceptors (Lipinski definition) is 7. The zero-order chi connectivity index (χ0) is 24.5. The Labute approximate surface area is 216 Å².